The van der Waals surface area contributed by atoms with Crippen molar-refractivity contribution in [1.29, 1.82) is 0 Å². The molecular weight excluding hydrogens is 262 g/mol. The summed E-state index contributed by atoms with van der Waals surface area (Å²) in [5, 5.41) is 1.35. The van der Waals surface area contributed by atoms with Crippen molar-refractivity contribution in [2.45, 2.75) is 33.0 Å². The van der Waals surface area contributed by atoms with Crippen molar-refractivity contribution in [2.24, 2.45) is 5.73 Å². The lowest BCUT2D eigenvalue weighted by atomic mass is 10.1. The molecule has 1 fully saturated rings. The Hall–Kier alpha value is -1.36. The van der Waals surface area contributed by atoms with Crippen molar-refractivity contribution in [3.63, 3.8) is 0 Å². The summed E-state index contributed by atoms with van der Waals surface area (Å²) in [7, 11) is 0. The Kier molecular flexibility index (Phi) is 4.29. The summed E-state index contributed by atoms with van der Waals surface area (Å²) in [5.41, 5.74) is 9.72. The lowest BCUT2D eigenvalue weighted by Gasteiger charge is -2.26. The van der Waals surface area contributed by atoms with Gasteiger partial charge in [0.1, 0.15) is 0 Å². The van der Waals surface area contributed by atoms with Gasteiger partial charge in [-0.25, -0.2) is 0 Å². The number of hydrogen-bond donors (Lipinski definition) is 1. The Morgan fingerprint density at radius 1 is 1.24 bits per heavy atom. The minimum atomic E-state index is 0.467. The van der Waals surface area contributed by atoms with Crippen molar-refractivity contribution in [3.05, 3.63) is 35.5 Å². The predicted molar refractivity (Wildman–Crippen MR) is 86.3 cm³/mol. The van der Waals surface area contributed by atoms with Gasteiger partial charge in [-0.05, 0) is 37.1 Å². The molecule has 1 aliphatic rings. The molecule has 0 spiro atoms. The van der Waals surface area contributed by atoms with Crippen molar-refractivity contribution in [2.75, 3.05) is 26.3 Å². The standard InChI is InChI=1S/C17H25N3O/c1-13(2)20-12-15(11-19-5-7-21-8-6-19)16-9-14(10-18)3-4-17(16)20/h3-4,9,12-13H,5-8,10-11,18H2,1-2H3. The van der Waals surface area contributed by atoms with E-state index in [0.29, 0.717) is 12.6 Å². The van der Waals surface area contributed by atoms with Crippen LogP contribution in [0.25, 0.3) is 10.9 Å². The van der Waals surface area contributed by atoms with Crippen LogP contribution in [0.2, 0.25) is 0 Å². The first-order valence-corrected chi connectivity index (χ1v) is 7.81. The molecule has 1 saturated heterocycles. The SMILES string of the molecule is CC(C)n1cc(CN2CCOCC2)c2cc(CN)ccc21. The largest absolute Gasteiger partial charge is 0.379 e. The zero-order chi connectivity index (χ0) is 14.8. The number of benzene rings is 1. The number of fused-ring (bicyclic) bond motifs is 1. The van der Waals surface area contributed by atoms with E-state index in [1.165, 1.54) is 22.0 Å². The van der Waals surface area contributed by atoms with Crippen LogP contribution in [0, 0.1) is 0 Å². The minimum Gasteiger partial charge on any atom is -0.379 e. The Morgan fingerprint density at radius 2 is 2.00 bits per heavy atom. The second kappa shape index (κ2) is 6.18. The zero-order valence-electron chi connectivity index (χ0n) is 13.0. The molecule has 2 heterocycles. The van der Waals surface area contributed by atoms with E-state index in [2.05, 4.69) is 47.7 Å². The van der Waals surface area contributed by atoms with E-state index in [4.69, 9.17) is 10.5 Å². The zero-order valence-corrected chi connectivity index (χ0v) is 13.0. The number of hydrogen-bond acceptors (Lipinski definition) is 3. The lowest BCUT2D eigenvalue weighted by molar-refractivity contribution is 0.0343. The van der Waals surface area contributed by atoms with Crippen LogP contribution in [0.15, 0.2) is 24.4 Å². The average molecular weight is 287 g/mol. The van der Waals surface area contributed by atoms with Crippen LogP contribution in [0.5, 0.6) is 0 Å². The van der Waals surface area contributed by atoms with Crippen molar-refractivity contribution >= 4 is 10.9 Å². The van der Waals surface area contributed by atoms with Crippen LogP contribution < -0.4 is 5.73 Å². The average Bonchev–Trinajstić information content (AvgIpc) is 2.86. The summed E-state index contributed by atoms with van der Waals surface area (Å²) in [4.78, 5) is 2.47. The van der Waals surface area contributed by atoms with E-state index in [9.17, 15) is 0 Å². The Balaban J connectivity index is 1.98. The predicted octanol–water partition coefficient (Wildman–Crippen LogP) is 2.51. The second-order valence-electron chi connectivity index (χ2n) is 6.10. The summed E-state index contributed by atoms with van der Waals surface area (Å²) in [6, 6.07) is 7.07. The molecule has 0 radical (unpaired) electrons. The summed E-state index contributed by atoms with van der Waals surface area (Å²) in [5.74, 6) is 0. The maximum Gasteiger partial charge on any atom is 0.0594 e. The molecule has 0 amide bonds. The molecule has 1 aromatic carbocycles. The van der Waals surface area contributed by atoms with Gasteiger partial charge in [-0.15, -0.1) is 0 Å². The normalized spacial score (nSPS) is 17.0. The van der Waals surface area contributed by atoms with Gasteiger partial charge in [0, 0.05) is 49.3 Å². The lowest BCUT2D eigenvalue weighted by Crippen LogP contribution is -2.35. The minimum absolute atomic E-state index is 0.467. The van der Waals surface area contributed by atoms with E-state index >= 15 is 0 Å². The first-order chi connectivity index (χ1) is 10.2. The maximum atomic E-state index is 5.81. The number of ether oxygens (including phenoxy) is 1. The molecule has 0 unspecified atom stereocenters. The van der Waals surface area contributed by atoms with Crippen molar-refractivity contribution in [3.8, 4) is 0 Å². The molecule has 21 heavy (non-hydrogen) atoms. The highest BCUT2D eigenvalue weighted by Crippen LogP contribution is 2.27. The third-order valence-corrected chi connectivity index (χ3v) is 4.27. The van der Waals surface area contributed by atoms with E-state index in [0.717, 1.165) is 32.8 Å². The summed E-state index contributed by atoms with van der Waals surface area (Å²) in [6.07, 6.45) is 2.31. The number of rotatable bonds is 4. The van der Waals surface area contributed by atoms with E-state index < -0.39 is 0 Å². The van der Waals surface area contributed by atoms with Gasteiger partial charge in [0.2, 0.25) is 0 Å². The van der Waals surface area contributed by atoms with Gasteiger partial charge in [-0.3, -0.25) is 4.90 Å². The Labute approximate surface area is 126 Å². The highest BCUT2D eigenvalue weighted by atomic mass is 16.5. The van der Waals surface area contributed by atoms with Crippen LogP contribution in [-0.4, -0.2) is 35.8 Å². The number of morpholine rings is 1. The van der Waals surface area contributed by atoms with E-state index in [1.807, 2.05) is 0 Å². The van der Waals surface area contributed by atoms with Gasteiger partial charge in [-0.2, -0.15) is 0 Å². The molecule has 3 rings (SSSR count). The summed E-state index contributed by atoms with van der Waals surface area (Å²) < 4.78 is 7.81. The molecule has 114 valence electrons. The highest BCUT2D eigenvalue weighted by molar-refractivity contribution is 5.85. The maximum absolute atomic E-state index is 5.81. The van der Waals surface area contributed by atoms with Crippen LogP contribution in [0.4, 0.5) is 0 Å². The summed E-state index contributed by atoms with van der Waals surface area (Å²) in [6.45, 7) is 9.78. The monoisotopic (exact) mass is 287 g/mol. The van der Waals surface area contributed by atoms with E-state index in [1.54, 1.807) is 0 Å². The fourth-order valence-electron chi connectivity index (χ4n) is 3.05. The van der Waals surface area contributed by atoms with Crippen LogP contribution in [0.1, 0.15) is 31.0 Å². The molecule has 4 nitrogen and oxygen atoms in total. The van der Waals surface area contributed by atoms with Crippen molar-refractivity contribution < 1.29 is 4.74 Å². The second-order valence-corrected chi connectivity index (χ2v) is 6.10. The molecule has 4 heteroatoms. The van der Waals surface area contributed by atoms with Crippen LogP contribution in [0.3, 0.4) is 0 Å². The van der Waals surface area contributed by atoms with Gasteiger partial charge in [0.15, 0.2) is 0 Å². The van der Waals surface area contributed by atoms with Gasteiger partial charge in [0.25, 0.3) is 0 Å². The molecule has 1 aromatic heterocycles. The Bertz CT molecular complexity index is 612. The molecule has 0 atom stereocenters. The topological polar surface area (TPSA) is 43.4 Å². The van der Waals surface area contributed by atoms with Gasteiger partial charge < -0.3 is 15.0 Å². The first-order valence-electron chi connectivity index (χ1n) is 7.81. The number of nitrogens with two attached hydrogens (primary N) is 1. The van der Waals surface area contributed by atoms with Crippen LogP contribution in [-0.2, 0) is 17.8 Å². The molecule has 2 N–H and O–H groups in total. The van der Waals surface area contributed by atoms with Crippen LogP contribution >= 0.6 is 0 Å². The van der Waals surface area contributed by atoms with Crippen molar-refractivity contribution in [1.82, 2.24) is 9.47 Å². The molecular formula is C17H25N3O. The molecule has 0 aliphatic carbocycles. The fourth-order valence-corrected chi connectivity index (χ4v) is 3.05. The smallest absolute Gasteiger partial charge is 0.0594 e. The fraction of sp³-hybridized carbons (Fsp3) is 0.529. The third-order valence-electron chi connectivity index (χ3n) is 4.27. The van der Waals surface area contributed by atoms with Gasteiger partial charge >= 0.3 is 0 Å². The highest BCUT2D eigenvalue weighted by Gasteiger charge is 2.16. The van der Waals surface area contributed by atoms with Gasteiger partial charge in [-0.1, -0.05) is 6.07 Å². The Morgan fingerprint density at radius 3 is 2.67 bits per heavy atom. The number of aromatic nitrogens is 1. The molecule has 0 bridgehead atoms. The van der Waals surface area contributed by atoms with E-state index in [-0.39, 0.29) is 0 Å². The molecule has 1 aliphatic heterocycles. The van der Waals surface area contributed by atoms with Gasteiger partial charge in [0.05, 0.1) is 13.2 Å². The first kappa shape index (κ1) is 14.6. The molecule has 2 aromatic rings. The molecule has 0 saturated carbocycles. The summed E-state index contributed by atoms with van der Waals surface area (Å²) >= 11 is 0. The quantitative estimate of drug-likeness (QED) is 0.939. The third kappa shape index (κ3) is 2.98. The number of nitrogens with zero attached hydrogens (tertiary/aromatic N) is 2.